The molecule has 0 bridgehead atoms. The SMILES string of the molecule is Cc1ccc(OC(C)C(=O)NNC(=S)NC(=O)c2ccc([N+](=O)[O-])cc2)cc1C. The van der Waals surface area contributed by atoms with E-state index in [1.54, 1.807) is 13.0 Å². The number of non-ortho nitro benzene ring substituents is 1. The molecule has 0 saturated heterocycles. The average molecular weight is 416 g/mol. The molecule has 2 aromatic rings. The Bertz CT molecular complexity index is 946. The van der Waals surface area contributed by atoms with Gasteiger partial charge in [-0.3, -0.25) is 35.9 Å². The van der Waals surface area contributed by atoms with E-state index in [0.717, 1.165) is 11.1 Å². The van der Waals surface area contributed by atoms with Gasteiger partial charge in [0.1, 0.15) is 5.75 Å². The van der Waals surface area contributed by atoms with Crippen LogP contribution >= 0.6 is 12.2 Å². The van der Waals surface area contributed by atoms with E-state index < -0.39 is 22.8 Å². The van der Waals surface area contributed by atoms with E-state index >= 15 is 0 Å². The Hall–Kier alpha value is -3.53. The summed E-state index contributed by atoms with van der Waals surface area (Å²) in [5, 5.41) is 12.9. The summed E-state index contributed by atoms with van der Waals surface area (Å²) in [5.74, 6) is -0.508. The summed E-state index contributed by atoms with van der Waals surface area (Å²) in [6, 6.07) is 10.5. The van der Waals surface area contributed by atoms with E-state index in [0.29, 0.717) is 5.75 Å². The summed E-state index contributed by atoms with van der Waals surface area (Å²) in [4.78, 5) is 34.3. The molecule has 9 nitrogen and oxygen atoms in total. The van der Waals surface area contributed by atoms with Crippen LogP contribution in [0.4, 0.5) is 5.69 Å². The van der Waals surface area contributed by atoms with Gasteiger partial charge in [0.2, 0.25) is 0 Å². The second-order valence-corrected chi connectivity index (χ2v) is 6.62. The smallest absolute Gasteiger partial charge is 0.279 e. The number of amides is 2. The lowest BCUT2D eigenvalue weighted by molar-refractivity contribution is -0.384. The van der Waals surface area contributed by atoms with Crippen LogP contribution in [0.25, 0.3) is 0 Å². The zero-order valence-electron chi connectivity index (χ0n) is 16.0. The molecular formula is C19H20N4O5S. The van der Waals surface area contributed by atoms with Gasteiger partial charge in [-0.2, -0.15) is 0 Å². The number of nitro groups is 1. The maximum absolute atomic E-state index is 12.1. The van der Waals surface area contributed by atoms with Crippen LogP contribution < -0.4 is 20.9 Å². The molecule has 152 valence electrons. The number of thiocarbonyl (C=S) groups is 1. The first kappa shape index (κ1) is 21.8. The van der Waals surface area contributed by atoms with Crippen molar-refractivity contribution in [3.8, 4) is 5.75 Å². The normalized spacial score (nSPS) is 11.1. The van der Waals surface area contributed by atoms with E-state index in [4.69, 9.17) is 17.0 Å². The molecule has 0 aromatic heterocycles. The van der Waals surface area contributed by atoms with Crippen LogP contribution in [0, 0.1) is 24.0 Å². The minimum atomic E-state index is -0.808. The number of hydrogen-bond acceptors (Lipinski definition) is 6. The van der Waals surface area contributed by atoms with Crippen molar-refractivity contribution in [2.75, 3.05) is 0 Å². The zero-order chi connectivity index (χ0) is 21.6. The highest BCUT2D eigenvalue weighted by atomic mass is 32.1. The molecule has 0 fully saturated rings. The highest BCUT2D eigenvalue weighted by Gasteiger charge is 2.16. The van der Waals surface area contributed by atoms with Crippen molar-refractivity contribution in [2.45, 2.75) is 26.9 Å². The first-order chi connectivity index (χ1) is 13.7. The summed E-state index contributed by atoms with van der Waals surface area (Å²) < 4.78 is 5.59. The van der Waals surface area contributed by atoms with Gasteiger partial charge in [-0.1, -0.05) is 6.07 Å². The second kappa shape index (κ2) is 9.60. The van der Waals surface area contributed by atoms with Crippen LogP contribution in [0.3, 0.4) is 0 Å². The molecule has 0 radical (unpaired) electrons. The first-order valence-electron chi connectivity index (χ1n) is 8.57. The molecule has 2 aromatic carbocycles. The summed E-state index contributed by atoms with van der Waals surface area (Å²) in [5.41, 5.74) is 6.97. The third-order valence-corrected chi connectivity index (χ3v) is 4.23. The van der Waals surface area contributed by atoms with Crippen molar-refractivity contribution in [3.05, 3.63) is 69.3 Å². The maximum atomic E-state index is 12.1. The van der Waals surface area contributed by atoms with Crippen LogP contribution in [0.2, 0.25) is 0 Å². The predicted molar refractivity (Wildman–Crippen MR) is 110 cm³/mol. The number of ether oxygens (including phenoxy) is 1. The third kappa shape index (κ3) is 6.25. The lowest BCUT2D eigenvalue weighted by Gasteiger charge is -2.17. The highest BCUT2D eigenvalue weighted by Crippen LogP contribution is 2.17. The number of aryl methyl sites for hydroxylation is 2. The largest absolute Gasteiger partial charge is 0.481 e. The summed E-state index contributed by atoms with van der Waals surface area (Å²) in [7, 11) is 0. The molecule has 10 heteroatoms. The van der Waals surface area contributed by atoms with Crippen molar-refractivity contribution in [2.24, 2.45) is 0 Å². The van der Waals surface area contributed by atoms with Gasteiger partial charge < -0.3 is 4.74 Å². The van der Waals surface area contributed by atoms with E-state index in [2.05, 4.69) is 16.2 Å². The predicted octanol–water partition coefficient (Wildman–Crippen LogP) is 2.31. The number of carbonyl (C=O) groups is 2. The Morgan fingerprint density at radius 3 is 2.31 bits per heavy atom. The zero-order valence-corrected chi connectivity index (χ0v) is 16.8. The van der Waals surface area contributed by atoms with E-state index in [9.17, 15) is 19.7 Å². The van der Waals surface area contributed by atoms with Crippen molar-refractivity contribution < 1.29 is 19.2 Å². The Morgan fingerprint density at radius 2 is 1.72 bits per heavy atom. The number of nitrogens with one attached hydrogen (secondary N) is 3. The fourth-order valence-corrected chi connectivity index (χ4v) is 2.35. The van der Waals surface area contributed by atoms with Crippen LogP contribution in [0.15, 0.2) is 42.5 Å². The fraction of sp³-hybridized carbons (Fsp3) is 0.211. The number of rotatable bonds is 5. The molecule has 1 atom stereocenters. The molecule has 1 unspecified atom stereocenters. The molecule has 0 aliphatic rings. The quantitative estimate of drug-likeness (QED) is 0.388. The lowest BCUT2D eigenvalue weighted by atomic mass is 10.1. The van der Waals surface area contributed by atoms with Crippen LogP contribution in [0.5, 0.6) is 5.75 Å². The van der Waals surface area contributed by atoms with Gasteiger partial charge in [0, 0.05) is 17.7 Å². The topological polar surface area (TPSA) is 123 Å². The molecular weight excluding hydrogens is 396 g/mol. The average Bonchev–Trinajstić information content (AvgIpc) is 2.68. The fourth-order valence-electron chi connectivity index (χ4n) is 2.21. The van der Waals surface area contributed by atoms with Crippen molar-refractivity contribution in [1.29, 1.82) is 0 Å². The first-order valence-corrected chi connectivity index (χ1v) is 8.97. The Kier molecular flexibility index (Phi) is 7.21. The number of hydrogen-bond donors (Lipinski definition) is 3. The summed E-state index contributed by atoms with van der Waals surface area (Å²) in [6.07, 6.45) is -0.808. The number of nitro benzene ring substituents is 1. The molecule has 0 heterocycles. The number of hydrazine groups is 1. The number of nitrogens with zero attached hydrogens (tertiary/aromatic N) is 1. The van der Waals surface area contributed by atoms with Gasteiger partial charge in [-0.05, 0) is 68.4 Å². The third-order valence-electron chi connectivity index (χ3n) is 4.03. The molecule has 29 heavy (non-hydrogen) atoms. The second-order valence-electron chi connectivity index (χ2n) is 6.21. The molecule has 3 N–H and O–H groups in total. The number of carbonyl (C=O) groups excluding carboxylic acids is 2. The lowest BCUT2D eigenvalue weighted by Crippen LogP contribution is -2.51. The van der Waals surface area contributed by atoms with Gasteiger partial charge in [0.15, 0.2) is 11.2 Å². The van der Waals surface area contributed by atoms with Crippen LogP contribution in [0.1, 0.15) is 28.4 Å². The van der Waals surface area contributed by atoms with Crippen LogP contribution in [-0.2, 0) is 4.79 Å². The molecule has 0 aliphatic heterocycles. The van der Waals surface area contributed by atoms with Gasteiger partial charge in [-0.15, -0.1) is 0 Å². The molecule has 0 spiro atoms. The Labute approximate surface area is 172 Å². The monoisotopic (exact) mass is 416 g/mol. The van der Waals surface area contributed by atoms with Crippen LogP contribution in [-0.4, -0.2) is 28.0 Å². The molecule has 2 rings (SSSR count). The molecule has 0 saturated carbocycles. The molecule has 0 aliphatic carbocycles. The maximum Gasteiger partial charge on any atom is 0.279 e. The standard InChI is InChI=1S/C19H20N4O5S/c1-11-4-9-16(10-12(11)2)28-13(3)17(24)21-22-19(29)20-18(25)14-5-7-15(8-6-14)23(26)27/h4-10,13H,1-3H3,(H,21,24)(H2,20,22,25,29). The van der Waals surface area contributed by atoms with Crippen molar-refractivity contribution in [3.63, 3.8) is 0 Å². The van der Waals surface area contributed by atoms with Crippen molar-refractivity contribution in [1.82, 2.24) is 16.2 Å². The minimum absolute atomic E-state index is 0.132. The summed E-state index contributed by atoms with van der Waals surface area (Å²) >= 11 is 4.96. The Balaban J connectivity index is 1.82. The number of benzene rings is 2. The van der Waals surface area contributed by atoms with Gasteiger partial charge in [0.25, 0.3) is 17.5 Å². The Morgan fingerprint density at radius 1 is 1.07 bits per heavy atom. The molecule has 2 amide bonds. The van der Waals surface area contributed by atoms with E-state index in [1.807, 2.05) is 26.0 Å². The van der Waals surface area contributed by atoms with Gasteiger partial charge in [-0.25, -0.2) is 0 Å². The van der Waals surface area contributed by atoms with Gasteiger partial charge in [0.05, 0.1) is 4.92 Å². The highest BCUT2D eigenvalue weighted by molar-refractivity contribution is 7.80. The minimum Gasteiger partial charge on any atom is -0.481 e. The van der Waals surface area contributed by atoms with E-state index in [1.165, 1.54) is 24.3 Å². The van der Waals surface area contributed by atoms with E-state index in [-0.39, 0.29) is 16.4 Å². The summed E-state index contributed by atoms with van der Waals surface area (Å²) in [6.45, 7) is 5.50. The van der Waals surface area contributed by atoms with Gasteiger partial charge >= 0.3 is 0 Å². The van der Waals surface area contributed by atoms with Crippen molar-refractivity contribution >= 4 is 34.8 Å².